The van der Waals surface area contributed by atoms with Crippen molar-refractivity contribution < 1.29 is 9.53 Å². The summed E-state index contributed by atoms with van der Waals surface area (Å²) in [6.07, 6.45) is 1.32. The highest BCUT2D eigenvalue weighted by Gasteiger charge is 2.12. The molecule has 2 aromatic carbocycles. The molecule has 1 amide bonds. The molecule has 150 valence electrons. The van der Waals surface area contributed by atoms with Crippen molar-refractivity contribution in [3.8, 4) is 11.4 Å². The van der Waals surface area contributed by atoms with Crippen LogP contribution in [-0.2, 0) is 4.79 Å². The fourth-order valence-corrected chi connectivity index (χ4v) is 4.96. The molecule has 0 bridgehead atoms. The van der Waals surface area contributed by atoms with Crippen LogP contribution in [-0.4, -0.2) is 28.5 Å². The number of para-hydroxylation sites is 1. The number of aryl methyl sites for hydroxylation is 1. The van der Waals surface area contributed by atoms with E-state index in [0.29, 0.717) is 31.6 Å². The number of aromatic nitrogens is 2. The first kappa shape index (κ1) is 21.5. The number of halogens is 3. The maximum Gasteiger partial charge on any atom is 0.280 e. The molecule has 0 spiro atoms. The first-order valence-corrected chi connectivity index (χ1v) is 10.7. The molecule has 0 aliphatic rings. The maximum atomic E-state index is 12.6. The summed E-state index contributed by atoms with van der Waals surface area (Å²) in [7, 11) is 0. The minimum atomic E-state index is -0.459. The molecule has 10 heteroatoms. The normalized spacial score (nSPS) is 11.0. The number of amides is 1. The Morgan fingerprint density at radius 2 is 1.86 bits per heavy atom. The van der Waals surface area contributed by atoms with Gasteiger partial charge in [-0.1, -0.05) is 34.1 Å². The second kappa shape index (κ2) is 9.55. The number of nitrogens with one attached hydrogen (secondary N) is 2. The fraction of sp³-hybridized carbons (Fsp3) is 0.105. The van der Waals surface area contributed by atoms with E-state index < -0.39 is 5.91 Å². The van der Waals surface area contributed by atoms with E-state index >= 15 is 0 Å². The topological polar surface area (TPSA) is 88.5 Å². The van der Waals surface area contributed by atoms with Gasteiger partial charge in [0.05, 0.1) is 26.4 Å². The van der Waals surface area contributed by atoms with Crippen molar-refractivity contribution >= 4 is 59.9 Å². The van der Waals surface area contributed by atoms with E-state index in [-0.39, 0.29) is 12.2 Å². The van der Waals surface area contributed by atoms with E-state index in [0.717, 1.165) is 4.47 Å². The van der Waals surface area contributed by atoms with Crippen LogP contribution in [0.1, 0.15) is 11.3 Å². The summed E-state index contributed by atoms with van der Waals surface area (Å²) >= 11 is 10.1. The molecule has 0 fully saturated rings. The smallest absolute Gasteiger partial charge is 0.280 e. The predicted molar refractivity (Wildman–Crippen MR) is 122 cm³/mol. The van der Waals surface area contributed by atoms with E-state index in [9.17, 15) is 9.59 Å². The van der Waals surface area contributed by atoms with Gasteiger partial charge in [0.15, 0.2) is 6.61 Å². The molecule has 0 saturated heterocycles. The molecule has 3 rings (SSSR count). The van der Waals surface area contributed by atoms with Crippen LogP contribution in [0.5, 0.6) is 5.75 Å². The first-order chi connectivity index (χ1) is 13.9. The van der Waals surface area contributed by atoms with E-state index in [2.05, 4.69) is 63.4 Å². The summed E-state index contributed by atoms with van der Waals surface area (Å²) in [4.78, 5) is 24.6. The van der Waals surface area contributed by atoms with Crippen LogP contribution in [0, 0.1) is 6.92 Å². The highest BCUT2D eigenvalue weighted by atomic mass is 79.9. The van der Waals surface area contributed by atoms with Gasteiger partial charge in [-0.2, -0.15) is 5.10 Å². The summed E-state index contributed by atoms with van der Waals surface area (Å²) in [6.45, 7) is 1.52. The molecule has 0 radical (unpaired) electrons. The minimum absolute atomic E-state index is 0.240. The Bertz CT molecular complexity index is 1100. The highest BCUT2D eigenvalue weighted by Crippen LogP contribution is 2.36. The van der Waals surface area contributed by atoms with Crippen LogP contribution in [0.3, 0.4) is 0 Å². The van der Waals surface area contributed by atoms with E-state index in [1.54, 1.807) is 6.92 Å². The fourth-order valence-electron chi connectivity index (χ4n) is 2.48. The number of carbonyl (C=O) groups excluding carboxylic acids is 1. The molecule has 1 aromatic heterocycles. The number of hydrogen-bond acceptors (Lipinski definition) is 4. The Kier molecular flexibility index (Phi) is 7.09. The zero-order valence-electron chi connectivity index (χ0n) is 15.1. The Morgan fingerprint density at radius 3 is 2.52 bits per heavy atom. The molecule has 7 nitrogen and oxygen atoms in total. The van der Waals surface area contributed by atoms with Crippen molar-refractivity contribution in [1.82, 2.24) is 15.2 Å². The lowest BCUT2D eigenvalue weighted by molar-refractivity contribution is -0.123. The molecule has 0 atom stereocenters. The largest absolute Gasteiger partial charge is 0.481 e. The number of carbonyl (C=O) groups is 1. The molecular formula is C19H15Br3N4O3. The van der Waals surface area contributed by atoms with Crippen LogP contribution in [0.2, 0.25) is 0 Å². The third-order valence-corrected chi connectivity index (χ3v) is 5.46. The zero-order valence-corrected chi connectivity index (χ0v) is 19.8. The molecule has 0 saturated carbocycles. The van der Waals surface area contributed by atoms with Gasteiger partial charge in [-0.15, -0.1) is 0 Å². The van der Waals surface area contributed by atoms with Gasteiger partial charge in [-0.25, -0.2) is 10.1 Å². The Balaban J connectivity index is 1.64. The van der Waals surface area contributed by atoms with E-state index in [4.69, 9.17) is 4.74 Å². The Morgan fingerprint density at radius 1 is 1.21 bits per heavy atom. The molecule has 0 unspecified atom stereocenters. The summed E-state index contributed by atoms with van der Waals surface area (Å²) in [5, 5.41) is 6.86. The number of hydrogen-bond donors (Lipinski definition) is 2. The Hall–Kier alpha value is -2.17. The van der Waals surface area contributed by atoms with Gasteiger partial charge in [0.2, 0.25) is 0 Å². The predicted octanol–water partition coefficient (Wildman–Crippen LogP) is 4.29. The molecule has 0 aliphatic carbocycles. The van der Waals surface area contributed by atoms with Crippen molar-refractivity contribution in [2.45, 2.75) is 6.92 Å². The summed E-state index contributed by atoms with van der Waals surface area (Å²) in [5.74, 6) is 0.0408. The lowest BCUT2D eigenvalue weighted by Crippen LogP contribution is -2.25. The minimum Gasteiger partial charge on any atom is -0.481 e. The molecule has 2 N–H and O–H groups in total. The van der Waals surface area contributed by atoms with Gasteiger partial charge in [-0.3, -0.25) is 14.7 Å². The van der Waals surface area contributed by atoms with Crippen LogP contribution in [0.25, 0.3) is 5.69 Å². The van der Waals surface area contributed by atoms with Crippen LogP contribution in [0.15, 0.2) is 65.8 Å². The quantitative estimate of drug-likeness (QED) is 0.334. The number of nitrogens with zero attached hydrogens (tertiary/aromatic N) is 2. The van der Waals surface area contributed by atoms with E-state index in [1.165, 1.54) is 10.9 Å². The van der Waals surface area contributed by atoms with Crippen molar-refractivity contribution in [2.24, 2.45) is 5.10 Å². The first-order valence-electron chi connectivity index (χ1n) is 8.33. The molecule has 3 aromatic rings. The van der Waals surface area contributed by atoms with Crippen LogP contribution >= 0.6 is 47.8 Å². The summed E-state index contributed by atoms with van der Waals surface area (Å²) < 4.78 is 9.19. The van der Waals surface area contributed by atoms with Crippen molar-refractivity contribution in [2.75, 3.05) is 6.61 Å². The zero-order chi connectivity index (χ0) is 21.0. The summed E-state index contributed by atoms with van der Waals surface area (Å²) in [6, 6.07) is 12.8. The van der Waals surface area contributed by atoms with Crippen molar-refractivity contribution in [1.29, 1.82) is 0 Å². The highest BCUT2D eigenvalue weighted by molar-refractivity contribution is 9.11. The van der Waals surface area contributed by atoms with Gasteiger partial charge in [0, 0.05) is 10.2 Å². The number of aromatic amines is 1. The third kappa shape index (κ3) is 5.26. The van der Waals surface area contributed by atoms with Gasteiger partial charge < -0.3 is 4.74 Å². The second-order valence-electron chi connectivity index (χ2n) is 5.91. The van der Waals surface area contributed by atoms with Crippen LogP contribution in [0.4, 0.5) is 0 Å². The second-order valence-corrected chi connectivity index (χ2v) is 8.53. The van der Waals surface area contributed by atoms with Crippen LogP contribution < -0.4 is 15.7 Å². The number of ether oxygens (including phenoxy) is 1. The van der Waals surface area contributed by atoms with Gasteiger partial charge in [0.25, 0.3) is 11.5 Å². The monoisotopic (exact) mass is 584 g/mol. The maximum absolute atomic E-state index is 12.6. The summed E-state index contributed by atoms with van der Waals surface area (Å²) in [5.41, 5.74) is 3.80. The average molecular weight is 587 g/mol. The lowest BCUT2D eigenvalue weighted by Gasteiger charge is -2.09. The number of H-pyrrole nitrogens is 1. The van der Waals surface area contributed by atoms with Gasteiger partial charge in [-0.05, 0) is 63.0 Å². The standard InChI is InChI=1S/C19H15Br3N4O3/c1-11-14(19(28)26(25-11)13-5-3-2-4-6-13)9-23-24-17(27)10-29-18-15(21)7-12(20)8-16(18)22/h2-9,25H,10H2,1H3,(H,24,27). The van der Waals surface area contributed by atoms with Gasteiger partial charge >= 0.3 is 0 Å². The molecule has 1 heterocycles. The van der Waals surface area contributed by atoms with Crippen molar-refractivity contribution in [3.05, 3.63) is 77.5 Å². The number of rotatable bonds is 6. The lowest BCUT2D eigenvalue weighted by atomic mass is 10.3. The average Bonchev–Trinajstić information content (AvgIpc) is 2.96. The number of benzene rings is 2. The molecular weight excluding hydrogens is 572 g/mol. The van der Waals surface area contributed by atoms with Gasteiger partial charge in [0.1, 0.15) is 5.75 Å². The SMILES string of the molecule is Cc1[nH]n(-c2ccccc2)c(=O)c1C=NNC(=O)COc1c(Br)cc(Br)cc1Br. The molecule has 29 heavy (non-hydrogen) atoms. The van der Waals surface area contributed by atoms with Crippen molar-refractivity contribution in [3.63, 3.8) is 0 Å². The third-order valence-electron chi connectivity index (χ3n) is 3.82. The van der Waals surface area contributed by atoms with E-state index in [1.807, 2.05) is 42.5 Å². The number of hydrazone groups is 1. The Labute approximate surface area is 191 Å². The molecule has 0 aliphatic heterocycles.